The summed E-state index contributed by atoms with van der Waals surface area (Å²) in [7, 11) is 0. The molecule has 1 aromatic carbocycles. The van der Waals surface area contributed by atoms with Gasteiger partial charge in [0.25, 0.3) is 5.91 Å². The van der Waals surface area contributed by atoms with Gasteiger partial charge in [0.2, 0.25) is 0 Å². The standard InChI is InChI=1S/C13H14ClNO4/c1-7(11(16)17)15-9-6-8(14)4-5-10(9)19-13(2,3)12(15)18/h4-7H,1-3H3,(H,16,17). The Morgan fingerprint density at radius 2 is 2.11 bits per heavy atom. The summed E-state index contributed by atoms with van der Waals surface area (Å²) in [5.41, 5.74) is -0.725. The summed E-state index contributed by atoms with van der Waals surface area (Å²) in [6.07, 6.45) is 0. The van der Waals surface area contributed by atoms with Gasteiger partial charge in [-0.25, -0.2) is 4.79 Å². The lowest BCUT2D eigenvalue weighted by Gasteiger charge is -2.40. The van der Waals surface area contributed by atoms with Crippen molar-refractivity contribution in [2.75, 3.05) is 4.90 Å². The second kappa shape index (κ2) is 4.42. The Morgan fingerprint density at radius 1 is 1.47 bits per heavy atom. The molecule has 5 nitrogen and oxygen atoms in total. The second-order valence-electron chi connectivity index (χ2n) is 4.91. The number of carbonyl (C=O) groups excluding carboxylic acids is 1. The molecule has 1 atom stereocenters. The van der Waals surface area contributed by atoms with Crippen LogP contribution < -0.4 is 9.64 Å². The van der Waals surface area contributed by atoms with E-state index in [0.717, 1.165) is 0 Å². The van der Waals surface area contributed by atoms with Gasteiger partial charge in [-0.1, -0.05) is 11.6 Å². The molecule has 1 unspecified atom stereocenters. The number of carboxylic acids is 1. The van der Waals surface area contributed by atoms with Crippen LogP contribution in [0, 0.1) is 0 Å². The SMILES string of the molecule is CC(C(=O)O)N1C(=O)C(C)(C)Oc2ccc(Cl)cc21. The van der Waals surface area contributed by atoms with Crippen molar-refractivity contribution in [2.45, 2.75) is 32.4 Å². The van der Waals surface area contributed by atoms with E-state index in [1.54, 1.807) is 26.0 Å². The monoisotopic (exact) mass is 283 g/mol. The molecule has 0 aliphatic carbocycles. The van der Waals surface area contributed by atoms with E-state index in [-0.39, 0.29) is 0 Å². The van der Waals surface area contributed by atoms with Gasteiger partial charge < -0.3 is 9.84 Å². The Bertz CT molecular complexity index is 556. The van der Waals surface area contributed by atoms with Crippen LogP contribution in [0.1, 0.15) is 20.8 Å². The molecule has 1 heterocycles. The summed E-state index contributed by atoms with van der Waals surface area (Å²) in [5, 5.41) is 9.56. The number of rotatable bonds is 2. The van der Waals surface area contributed by atoms with E-state index >= 15 is 0 Å². The van der Waals surface area contributed by atoms with E-state index in [4.69, 9.17) is 21.4 Å². The summed E-state index contributed by atoms with van der Waals surface area (Å²) < 4.78 is 5.60. The molecule has 0 fully saturated rings. The highest BCUT2D eigenvalue weighted by atomic mass is 35.5. The van der Waals surface area contributed by atoms with E-state index in [0.29, 0.717) is 16.5 Å². The number of anilines is 1. The van der Waals surface area contributed by atoms with Crippen LogP contribution in [0.2, 0.25) is 5.02 Å². The van der Waals surface area contributed by atoms with Gasteiger partial charge in [0.1, 0.15) is 11.8 Å². The number of carbonyl (C=O) groups is 2. The molecule has 1 aliphatic rings. The van der Waals surface area contributed by atoms with Crippen LogP contribution in [0.15, 0.2) is 18.2 Å². The molecule has 0 bridgehead atoms. The van der Waals surface area contributed by atoms with Crippen LogP contribution in [-0.2, 0) is 9.59 Å². The quantitative estimate of drug-likeness (QED) is 0.904. The molecule has 0 radical (unpaired) electrons. The maximum atomic E-state index is 12.4. The molecule has 2 rings (SSSR count). The van der Waals surface area contributed by atoms with Crippen molar-refractivity contribution >= 4 is 29.2 Å². The summed E-state index contributed by atoms with van der Waals surface area (Å²) in [6.45, 7) is 4.66. The molecule has 0 spiro atoms. The van der Waals surface area contributed by atoms with Gasteiger partial charge in [-0.05, 0) is 39.0 Å². The molecular formula is C13H14ClNO4. The summed E-state index contributed by atoms with van der Waals surface area (Å²) in [6, 6.07) is 3.81. The fourth-order valence-electron chi connectivity index (χ4n) is 1.98. The minimum Gasteiger partial charge on any atom is -0.480 e. The van der Waals surface area contributed by atoms with Crippen LogP contribution in [0.5, 0.6) is 5.75 Å². The highest BCUT2D eigenvalue weighted by Gasteiger charge is 2.44. The largest absolute Gasteiger partial charge is 0.480 e. The fourth-order valence-corrected chi connectivity index (χ4v) is 2.14. The Hall–Kier alpha value is -1.75. The van der Waals surface area contributed by atoms with Gasteiger partial charge in [-0.3, -0.25) is 9.69 Å². The summed E-state index contributed by atoms with van der Waals surface area (Å²) >= 11 is 5.90. The lowest BCUT2D eigenvalue weighted by Crippen LogP contribution is -2.57. The third kappa shape index (κ3) is 2.26. The van der Waals surface area contributed by atoms with Crippen LogP contribution >= 0.6 is 11.6 Å². The highest BCUT2D eigenvalue weighted by molar-refractivity contribution is 6.31. The summed E-state index contributed by atoms with van der Waals surface area (Å²) in [5.74, 6) is -1.05. The molecular weight excluding hydrogens is 270 g/mol. The smallest absolute Gasteiger partial charge is 0.326 e. The topological polar surface area (TPSA) is 66.8 Å². The average molecular weight is 284 g/mol. The molecule has 1 aliphatic heterocycles. The molecule has 0 aromatic heterocycles. The van der Waals surface area contributed by atoms with Gasteiger partial charge in [0.05, 0.1) is 5.69 Å². The van der Waals surface area contributed by atoms with Gasteiger partial charge >= 0.3 is 5.97 Å². The van der Waals surface area contributed by atoms with Crippen LogP contribution in [-0.4, -0.2) is 28.6 Å². The lowest BCUT2D eigenvalue weighted by molar-refractivity contribution is -0.142. The van der Waals surface area contributed by atoms with Crippen LogP contribution in [0.3, 0.4) is 0 Å². The molecule has 19 heavy (non-hydrogen) atoms. The van der Waals surface area contributed by atoms with Crippen molar-refractivity contribution in [1.29, 1.82) is 0 Å². The first-order valence-corrected chi connectivity index (χ1v) is 6.17. The normalized spacial score (nSPS) is 18.5. The zero-order chi connectivity index (χ0) is 14.4. The Labute approximate surface area is 115 Å². The predicted octanol–water partition coefficient (Wildman–Crippen LogP) is 2.32. The maximum Gasteiger partial charge on any atom is 0.326 e. The van der Waals surface area contributed by atoms with Gasteiger partial charge in [-0.15, -0.1) is 0 Å². The molecule has 0 saturated carbocycles. The van der Waals surface area contributed by atoms with Gasteiger partial charge in [0.15, 0.2) is 5.60 Å². The Balaban J connectivity index is 2.60. The van der Waals surface area contributed by atoms with Crippen molar-refractivity contribution in [3.05, 3.63) is 23.2 Å². The third-order valence-corrected chi connectivity index (χ3v) is 3.26. The number of aliphatic carboxylic acids is 1. The number of carboxylic acid groups (broad SMARTS) is 1. The number of hydrogen-bond donors (Lipinski definition) is 1. The van der Waals surface area contributed by atoms with E-state index < -0.39 is 23.5 Å². The lowest BCUT2D eigenvalue weighted by atomic mass is 10.0. The minimum absolute atomic E-state index is 0.381. The molecule has 6 heteroatoms. The molecule has 1 aromatic rings. The zero-order valence-corrected chi connectivity index (χ0v) is 11.6. The predicted molar refractivity (Wildman–Crippen MR) is 70.7 cm³/mol. The first kappa shape index (κ1) is 13.7. The first-order chi connectivity index (χ1) is 8.74. The Kier molecular flexibility index (Phi) is 3.18. The zero-order valence-electron chi connectivity index (χ0n) is 10.8. The van der Waals surface area contributed by atoms with E-state index in [1.165, 1.54) is 17.9 Å². The second-order valence-corrected chi connectivity index (χ2v) is 5.35. The minimum atomic E-state index is -1.11. The van der Waals surface area contributed by atoms with Crippen molar-refractivity contribution in [3.63, 3.8) is 0 Å². The van der Waals surface area contributed by atoms with E-state index in [2.05, 4.69) is 0 Å². The number of amides is 1. The number of benzene rings is 1. The van der Waals surface area contributed by atoms with Crippen molar-refractivity contribution in [3.8, 4) is 5.75 Å². The van der Waals surface area contributed by atoms with Gasteiger partial charge in [-0.2, -0.15) is 0 Å². The molecule has 102 valence electrons. The third-order valence-electron chi connectivity index (χ3n) is 3.02. The maximum absolute atomic E-state index is 12.4. The highest BCUT2D eigenvalue weighted by Crippen LogP contribution is 2.40. The summed E-state index contributed by atoms with van der Waals surface area (Å²) in [4.78, 5) is 24.8. The number of halogens is 1. The molecule has 0 saturated heterocycles. The fraction of sp³-hybridized carbons (Fsp3) is 0.385. The van der Waals surface area contributed by atoms with Crippen molar-refractivity contribution in [2.24, 2.45) is 0 Å². The first-order valence-electron chi connectivity index (χ1n) is 5.79. The number of ether oxygens (including phenoxy) is 1. The van der Waals surface area contributed by atoms with Crippen LogP contribution in [0.25, 0.3) is 0 Å². The number of fused-ring (bicyclic) bond motifs is 1. The number of nitrogens with zero attached hydrogens (tertiary/aromatic N) is 1. The van der Waals surface area contributed by atoms with E-state index in [9.17, 15) is 9.59 Å². The van der Waals surface area contributed by atoms with Gasteiger partial charge in [0, 0.05) is 5.02 Å². The number of hydrogen-bond acceptors (Lipinski definition) is 3. The molecule has 1 amide bonds. The molecule has 1 N–H and O–H groups in total. The Morgan fingerprint density at radius 3 is 2.68 bits per heavy atom. The van der Waals surface area contributed by atoms with Crippen molar-refractivity contribution in [1.82, 2.24) is 0 Å². The average Bonchev–Trinajstić information content (AvgIpc) is 2.31. The van der Waals surface area contributed by atoms with Crippen molar-refractivity contribution < 1.29 is 19.4 Å². The van der Waals surface area contributed by atoms with E-state index in [1.807, 2.05) is 0 Å². The van der Waals surface area contributed by atoms with Crippen LogP contribution in [0.4, 0.5) is 5.69 Å².